The van der Waals surface area contributed by atoms with Gasteiger partial charge < -0.3 is 29.4 Å². The lowest BCUT2D eigenvalue weighted by Crippen LogP contribution is -2.48. The molecule has 0 saturated heterocycles. The molecule has 0 fully saturated rings. The number of aryl methyl sites for hydroxylation is 1. The van der Waals surface area contributed by atoms with Crippen LogP contribution in [0, 0.1) is 6.92 Å². The van der Waals surface area contributed by atoms with E-state index >= 15 is 0 Å². The SMILES string of the molecule is COc1cccc(C(=O)O[C@H](C(=O)Nc2cccc(C)c2)[C@@H](OC(=O)c2cccc(OC)c2)C(=O)O)c1. The van der Waals surface area contributed by atoms with Crippen LogP contribution in [0.1, 0.15) is 26.3 Å². The summed E-state index contributed by atoms with van der Waals surface area (Å²) in [5, 5.41) is 12.4. The molecule has 3 aromatic carbocycles. The van der Waals surface area contributed by atoms with Gasteiger partial charge in [0.05, 0.1) is 25.3 Å². The second kappa shape index (κ2) is 12.2. The number of hydrogen-bond donors (Lipinski definition) is 2. The summed E-state index contributed by atoms with van der Waals surface area (Å²) < 4.78 is 20.6. The molecule has 37 heavy (non-hydrogen) atoms. The van der Waals surface area contributed by atoms with Crippen molar-refractivity contribution < 1.29 is 43.2 Å². The normalized spacial score (nSPS) is 12.0. The van der Waals surface area contributed by atoms with E-state index in [1.54, 1.807) is 43.3 Å². The Bertz CT molecular complexity index is 1300. The van der Waals surface area contributed by atoms with E-state index < -0.39 is 36.0 Å². The Kier molecular flexibility index (Phi) is 8.82. The Hall–Kier alpha value is -4.86. The highest BCUT2D eigenvalue weighted by Crippen LogP contribution is 2.20. The van der Waals surface area contributed by atoms with Gasteiger partial charge in [-0.15, -0.1) is 0 Å². The van der Waals surface area contributed by atoms with Crippen molar-refractivity contribution in [2.24, 2.45) is 0 Å². The van der Waals surface area contributed by atoms with Gasteiger partial charge in [-0.05, 0) is 61.0 Å². The van der Waals surface area contributed by atoms with E-state index in [9.17, 15) is 24.3 Å². The molecule has 3 rings (SSSR count). The predicted octanol–water partition coefficient (Wildman–Crippen LogP) is 3.49. The summed E-state index contributed by atoms with van der Waals surface area (Å²) in [5.41, 5.74) is 1.12. The highest BCUT2D eigenvalue weighted by atomic mass is 16.6. The van der Waals surface area contributed by atoms with Crippen LogP contribution in [0.2, 0.25) is 0 Å². The Morgan fingerprint density at radius 2 is 1.24 bits per heavy atom. The van der Waals surface area contributed by atoms with Crippen molar-refractivity contribution in [3.05, 3.63) is 89.5 Å². The molecule has 0 unspecified atom stereocenters. The molecule has 10 heteroatoms. The van der Waals surface area contributed by atoms with Crippen LogP contribution in [-0.4, -0.2) is 55.3 Å². The molecular formula is C27H25NO9. The number of carbonyl (C=O) groups is 4. The van der Waals surface area contributed by atoms with Gasteiger partial charge in [-0.1, -0.05) is 24.3 Å². The molecule has 10 nitrogen and oxygen atoms in total. The van der Waals surface area contributed by atoms with Gasteiger partial charge in [0, 0.05) is 5.69 Å². The minimum absolute atomic E-state index is 0.00373. The van der Waals surface area contributed by atoms with Crippen LogP contribution in [0.25, 0.3) is 0 Å². The van der Waals surface area contributed by atoms with E-state index in [1.165, 1.54) is 50.6 Å². The number of benzene rings is 3. The summed E-state index contributed by atoms with van der Waals surface area (Å²) in [7, 11) is 2.80. The molecular weight excluding hydrogens is 482 g/mol. The second-order valence-electron chi connectivity index (χ2n) is 7.81. The zero-order valence-electron chi connectivity index (χ0n) is 20.3. The number of ether oxygens (including phenoxy) is 4. The van der Waals surface area contributed by atoms with E-state index in [1.807, 2.05) is 0 Å². The molecule has 3 aromatic rings. The predicted molar refractivity (Wildman–Crippen MR) is 132 cm³/mol. The number of amides is 1. The zero-order chi connectivity index (χ0) is 26.9. The first-order valence-corrected chi connectivity index (χ1v) is 11.0. The summed E-state index contributed by atoms with van der Waals surface area (Å²) in [4.78, 5) is 51.0. The van der Waals surface area contributed by atoms with Gasteiger partial charge in [-0.3, -0.25) is 4.79 Å². The van der Waals surface area contributed by atoms with Crippen molar-refractivity contribution in [1.29, 1.82) is 0 Å². The molecule has 0 saturated carbocycles. The molecule has 192 valence electrons. The highest BCUT2D eigenvalue weighted by molar-refractivity contribution is 6.01. The van der Waals surface area contributed by atoms with Crippen molar-refractivity contribution in [2.75, 3.05) is 19.5 Å². The van der Waals surface area contributed by atoms with Crippen molar-refractivity contribution in [3.63, 3.8) is 0 Å². The Labute approximate surface area is 212 Å². The number of carboxylic acid groups (broad SMARTS) is 1. The van der Waals surface area contributed by atoms with E-state index in [0.29, 0.717) is 17.2 Å². The minimum atomic E-state index is -2.17. The summed E-state index contributed by atoms with van der Waals surface area (Å²) in [6.07, 6.45) is -4.20. The highest BCUT2D eigenvalue weighted by Gasteiger charge is 2.41. The average Bonchev–Trinajstić information content (AvgIpc) is 2.90. The number of aliphatic carboxylic acids is 1. The molecule has 0 aliphatic rings. The smallest absolute Gasteiger partial charge is 0.349 e. The van der Waals surface area contributed by atoms with Crippen molar-refractivity contribution in [3.8, 4) is 11.5 Å². The van der Waals surface area contributed by atoms with Gasteiger partial charge in [0.2, 0.25) is 12.2 Å². The minimum Gasteiger partial charge on any atom is -0.497 e. The summed E-state index contributed by atoms with van der Waals surface area (Å²) >= 11 is 0. The monoisotopic (exact) mass is 507 g/mol. The molecule has 2 N–H and O–H groups in total. The Morgan fingerprint density at radius 1 is 0.730 bits per heavy atom. The maximum atomic E-state index is 13.2. The number of carbonyl (C=O) groups excluding carboxylic acids is 3. The third-order valence-corrected chi connectivity index (χ3v) is 5.14. The van der Waals surface area contributed by atoms with Crippen LogP contribution < -0.4 is 14.8 Å². The maximum Gasteiger partial charge on any atom is 0.349 e. The molecule has 0 heterocycles. The van der Waals surface area contributed by atoms with E-state index in [2.05, 4.69) is 5.32 Å². The fourth-order valence-electron chi connectivity index (χ4n) is 3.30. The number of rotatable bonds is 10. The molecule has 1 amide bonds. The topological polar surface area (TPSA) is 137 Å². The first kappa shape index (κ1) is 26.7. The maximum absolute atomic E-state index is 13.2. The van der Waals surface area contributed by atoms with Gasteiger partial charge >= 0.3 is 17.9 Å². The van der Waals surface area contributed by atoms with E-state index in [4.69, 9.17) is 18.9 Å². The quantitative estimate of drug-likeness (QED) is 0.395. The fourth-order valence-corrected chi connectivity index (χ4v) is 3.30. The zero-order valence-corrected chi connectivity index (χ0v) is 20.3. The van der Waals surface area contributed by atoms with Crippen LogP contribution in [-0.2, 0) is 19.1 Å². The second-order valence-corrected chi connectivity index (χ2v) is 7.81. The number of anilines is 1. The number of hydrogen-bond acceptors (Lipinski definition) is 8. The molecule has 0 bridgehead atoms. The van der Waals surface area contributed by atoms with Crippen LogP contribution in [0.3, 0.4) is 0 Å². The molecule has 0 radical (unpaired) electrons. The summed E-state index contributed by atoms with van der Waals surface area (Å²) in [5.74, 6) is -4.11. The van der Waals surface area contributed by atoms with Gasteiger partial charge in [-0.25, -0.2) is 14.4 Å². The summed E-state index contributed by atoms with van der Waals surface area (Å²) in [6, 6.07) is 18.4. The number of methoxy groups -OCH3 is 2. The lowest BCUT2D eigenvalue weighted by atomic mass is 10.1. The number of carboxylic acids is 1. The van der Waals surface area contributed by atoms with Gasteiger partial charge in [-0.2, -0.15) is 0 Å². The first-order chi connectivity index (χ1) is 17.7. The van der Waals surface area contributed by atoms with Gasteiger partial charge in [0.1, 0.15) is 11.5 Å². The van der Waals surface area contributed by atoms with Crippen molar-refractivity contribution >= 4 is 29.5 Å². The molecule has 2 atom stereocenters. The number of esters is 2. The van der Waals surface area contributed by atoms with E-state index in [0.717, 1.165) is 5.56 Å². The Balaban J connectivity index is 1.93. The van der Waals surface area contributed by atoms with Crippen LogP contribution >= 0.6 is 0 Å². The molecule has 0 aliphatic heterocycles. The summed E-state index contributed by atoms with van der Waals surface area (Å²) in [6.45, 7) is 1.80. The molecule has 0 spiro atoms. The van der Waals surface area contributed by atoms with Crippen LogP contribution in [0.4, 0.5) is 5.69 Å². The van der Waals surface area contributed by atoms with Crippen LogP contribution in [0.15, 0.2) is 72.8 Å². The van der Waals surface area contributed by atoms with Crippen molar-refractivity contribution in [2.45, 2.75) is 19.1 Å². The Morgan fingerprint density at radius 3 is 1.73 bits per heavy atom. The largest absolute Gasteiger partial charge is 0.497 e. The third-order valence-electron chi connectivity index (χ3n) is 5.14. The van der Waals surface area contributed by atoms with Gasteiger partial charge in [0.25, 0.3) is 5.91 Å². The lowest BCUT2D eigenvalue weighted by molar-refractivity contribution is -0.157. The first-order valence-electron chi connectivity index (χ1n) is 11.0. The fraction of sp³-hybridized carbons (Fsp3) is 0.185. The van der Waals surface area contributed by atoms with Gasteiger partial charge in [0.15, 0.2) is 0 Å². The van der Waals surface area contributed by atoms with E-state index in [-0.39, 0.29) is 11.1 Å². The average molecular weight is 507 g/mol. The van der Waals surface area contributed by atoms with Crippen molar-refractivity contribution in [1.82, 2.24) is 0 Å². The standard InChI is InChI=1S/C27H25NO9/c1-16-7-4-10-19(13-16)28-24(29)22(36-26(32)17-8-5-11-20(14-17)34-2)23(25(30)31)37-27(33)18-9-6-12-21(15-18)35-3/h4-15,22-23H,1-3H3,(H,28,29)(H,30,31)/t22-,23+/m0/s1. The third kappa shape index (κ3) is 7.07. The molecule has 0 aromatic heterocycles. The molecule has 0 aliphatic carbocycles. The number of nitrogens with one attached hydrogen (secondary N) is 1. The van der Waals surface area contributed by atoms with Crippen LogP contribution in [0.5, 0.6) is 11.5 Å². The lowest BCUT2D eigenvalue weighted by Gasteiger charge is -2.23.